The number of carbonyl (C=O) groups excluding carboxylic acids is 1. The first-order valence-electron chi connectivity index (χ1n) is 6.00. The molecule has 2 aromatic rings. The van der Waals surface area contributed by atoms with Gasteiger partial charge in [0.15, 0.2) is 0 Å². The Kier molecular flexibility index (Phi) is 8.27. The number of carbonyl (C=O) groups is 3. The molecular weight excluding hydrogens is 306 g/mol. The number of carboxylic acids is 2. The van der Waals surface area contributed by atoms with Gasteiger partial charge in [-0.25, -0.2) is 14.4 Å². The number of esters is 1. The number of hydrogen-bond acceptors (Lipinski definition) is 5. The Hall–Kier alpha value is -3.26. The molecule has 0 aliphatic rings. The molecule has 0 saturated heterocycles. The summed E-state index contributed by atoms with van der Waals surface area (Å²) >= 11 is 0. The molecule has 1 aromatic carbocycles. The van der Waals surface area contributed by atoms with Crippen molar-refractivity contribution >= 4 is 17.9 Å². The van der Waals surface area contributed by atoms with Crippen LogP contribution in [-0.2, 0) is 4.74 Å². The second-order valence-corrected chi connectivity index (χ2v) is 3.92. The third-order valence-electron chi connectivity index (χ3n) is 2.44. The van der Waals surface area contributed by atoms with Crippen LogP contribution in [0.15, 0.2) is 48.8 Å². The molecule has 0 amide bonds. The third kappa shape index (κ3) is 6.36. The molecule has 1 heterocycles. The molecule has 8 nitrogen and oxygen atoms in total. The molecule has 0 saturated carbocycles. The van der Waals surface area contributed by atoms with Gasteiger partial charge in [0.1, 0.15) is 0 Å². The highest BCUT2D eigenvalue weighted by Gasteiger charge is 2.06. The van der Waals surface area contributed by atoms with Crippen molar-refractivity contribution in [2.24, 2.45) is 0 Å². The van der Waals surface area contributed by atoms with Crippen molar-refractivity contribution in [2.75, 3.05) is 7.11 Å². The molecule has 2 rings (SSSR count). The normalized spacial score (nSPS) is 8.74. The van der Waals surface area contributed by atoms with Crippen LogP contribution in [0.1, 0.15) is 31.1 Å². The maximum absolute atomic E-state index is 10.8. The molecule has 0 aliphatic heterocycles. The summed E-state index contributed by atoms with van der Waals surface area (Å²) in [7, 11) is 1.34. The zero-order valence-electron chi connectivity index (χ0n) is 12.1. The highest BCUT2D eigenvalue weighted by Crippen LogP contribution is 2.04. The van der Waals surface area contributed by atoms with Gasteiger partial charge in [0.2, 0.25) is 0 Å². The summed E-state index contributed by atoms with van der Waals surface area (Å²) in [5, 5.41) is 17.0. The Morgan fingerprint density at radius 3 is 1.87 bits per heavy atom. The molecule has 0 spiro atoms. The Labute approximate surface area is 131 Å². The van der Waals surface area contributed by atoms with Gasteiger partial charge in [0.25, 0.3) is 0 Å². The van der Waals surface area contributed by atoms with Gasteiger partial charge >= 0.3 is 17.9 Å². The van der Waals surface area contributed by atoms with E-state index in [1.807, 2.05) is 0 Å². The number of methoxy groups -OCH3 is 1. The maximum atomic E-state index is 10.8. The molecule has 8 heteroatoms. The SMILES string of the molecule is COC(=O)c1cccnc1.O.O=C(O)c1cccc(C(=O)O)c1. The van der Waals surface area contributed by atoms with Crippen LogP contribution in [0.5, 0.6) is 0 Å². The van der Waals surface area contributed by atoms with Gasteiger partial charge in [-0.3, -0.25) is 4.98 Å². The fourth-order valence-corrected chi connectivity index (χ4v) is 1.39. The van der Waals surface area contributed by atoms with Crippen LogP contribution in [0.2, 0.25) is 0 Å². The van der Waals surface area contributed by atoms with Crippen LogP contribution in [0, 0.1) is 0 Å². The molecule has 0 unspecified atom stereocenters. The molecule has 0 radical (unpaired) electrons. The fourth-order valence-electron chi connectivity index (χ4n) is 1.39. The Morgan fingerprint density at radius 2 is 1.48 bits per heavy atom. The van der Waals surface area contributed by atoms with Crippen molar-refractivity contribution in [2.45, 2.75) is 0 Å². The first kappa shape index (κ1) is 19.7. The lowest BCUT2D eigenvalue weighted by Crippen LogP contribution is -2.01. The first-order chi connectivity index (χ1) is 10.5. The van der Waals surface area contributed by atoms with Crippen molar-refractivity contribution in [1.29, 1.82) is 0 Å². The number of pyridine rings is 1. The van der Waals surface area contributed by atoms with Gasteiger partial charge in [-0.1, -0.05) is 6.07 Å². The zero-order chi connectivity index (χ0) is 16.5. The van der Waals surface area contributed by atoms with Crippen molar-refractivity contribution in [3.63, 3.8) is 0 Å². The second-order valence-electron chi connectivity index (χ2n) is 3.92. The summed E-state index contributed by atoms with van der Waals surface area (Å²) in [4.78, 5) is 35.3. The Bertz CT molecular complexity index is 641. The van der Waals surface area contributed by atoms with E-state index in [4.69, 9.17) is 10.2 Å². The van der Waals surface area contributed by atoms with Crippen molar-refractivity contribution in [1.82, 2.24) is 4.98 Å². The third-order valence-corrected chi connectivity index (χ3v) is 2.44. The van der Waals surface area contributed by atoms with E-state index in [2.05, 4.69) is 9.72 Å². The van der Waals surface area contributed by atoms with Crippen molar-refractivity contribution in [3.05, 3.63) is 65.5 Å². The van der Waals surface area contributed by atoms with E-state index in [9.17, 15) is 14.4 Å². The molecule has 23 heavy (non-hydrogen) atoms. The Balaban J connectivity index is 0.000000409. The summed E-state index contributed by atoms with van der Waals surface area (Å²) in [6.45, 7) is 0. The summed E-state index contributed by atoms with van der Waals surface area (Å²) < 4.78 is 4.46. The zero-order valence-corrected chi connectivity index (χ0v) is 12.1. The predicted molar refractivity (Wildman–Crippen MR) is 79.6 cm³/mol. The lowest BCUT2D eigenvalue weighted by molar-refractivity contribution is 0.0598. The van der Waals surface area contributed by atoms with E-state index in [1.54, 1.807) is 18.3 Å². The van der Waals surface area contributed by atoms with Gasteiger partial charge in [0.05, 0.1) is 23.8 Å². The Morgan fingerprint density at radius 1 is 0.957 bits per heavy atom. The highest BCUT2D eigenvalue weighted by atomic mass is 16.5. The number of aromatic nitrogens is 1. The van der Waals surface area contributed by atoms with Crippen LogP contribution >= 0.6 is 0 Å². The quantitative estimate of drug-likeness (QED) is 0.805. The van der Waals surface area contributed by atoms with Gasteiger partial charge in [-0.2, -0.15) is 0 Å². The average Bonchev–Trinajstić information content (AvgIpc) is 2.55. The van der Waals surface area contributed by atoms with E-state index in [0.717, 1.165) is 6.07 Å². The average molecular weight is 321 g/mol. The van der Waals surface area contributed by atoms with Crippen LogP contribution in [0.25, 0.3) is 0 Å². The molecule has 0 bridgehead atoms. The van der Waals surface area contributed by atoms with E-state index in [1.165, 1.54) is 31.5 Å². The molecule has 0 aliphatic carbocycles. The number of hydrogen-bond donors (Lipinski definition) is 2. The number of carboxylic acid groups (broad SMARTS) is 2. The number of ether oxygens (including phenoxy) is 1. The van der Waals surface area contributed by atoms with Gasteiger partial charge in [-0.05, 0) is 30.3 Å². The fraction of sp³-hybridized carbons (Fsp3) is 0.0667. The van der Waals surface area contributed by atoms with Crippen LogP contribution in [0.4, 0.5) is 0 Å². The summed E-state index contributed by atoms with van der Waals surface area (Å²) in [6, 6.07) is 8.53. The molecule has 4 N–H and O–H groups in total. The standard InChI is InChI=1S/C8H6O4.C7H7NO2.H2O/c9-7(10)5-2-1-3-6(4-5)8(11)12;1-10-7(9)6-3-2-4-8-5-6;/h1-4H,(H,9,10)(H,11,12);2-5H,1H3;1H2. The lowest BCUT2D eigenvalue weighted by Gasteiger charge is -1.95. The van der Waals surface area contributed by atoms with Gasteiger partial charge < -0.3 is 20.4 Å². The molecule has 122 valence electrons. The van der Waals surface area contributed by atoms with E-state index in [-0.39, 0.29) is 22.6 Å². The highest BCUT2D eigenvalue weighted by molar-refractivity contribution is 5.93. The monoisotopic (exact) mass is 321 g/mol. The number of rotatable bonds is 3. The summed E-state index contributed by atoms with van der Waals surface area (Å²) in [5.74, 6) is -2.61. The minimum atomic E-state index is -1.13. The van der Waals surface area contributed by atoms with E-state index >= 15 is 0 Å². The second kappa shape index (κ2) is 9.64. The summed E-state index contributed by atoms with van der Waals surface area (Å²) in [5.41, 5.74) is 0.440. The molecular formula is C15H15NO7. The molecule has 0 fully saturated rings. The molecule has 0 atom stereocenters. The van der Waals surface area contributed by atoms with E-state index in [0.29, 0.717) is 5.56 Å². The maximum Gasteiger partial charge on any atom is 0.339 e. The van der Waals surface area contributed by atoms with E-state index < -0.39 is 11.9 Å². The van der Waals surface area contributed by atoms with Crippen LogP contribution in [0.3, 0.4) is 0 Å². The number of benzene rings is 1. The first-order valence-corrected chi connectivity index (χ1v) is 6.00. The predicted octanol–water partition coefficient (Wildman–Crippen LogP) is 1.13. The van der Waals surface area contributed by atoms with Crippen molar-refractivity contribution in [3.8, 4) is 0 Å². The van der Waals surface area contributed by atoms with Crippen LogP contribution in [-0.4, -0.2) is 45.7 Å². The number of nitrogens with zero attached hydrogens (tertiary/aromatic N) is 1. The smallest absolute Gasteiger partial charge is 0.339 e. The lowest BCUT2D eigenvalue weighted by atomic mass is 10.1. The molecule has 1 aromatic heterocycles. The van der Waals surface area contributed by atoms with Crippen LogP contribution < -0.4 is 0 Å². The van der Waals surface area contributed by atoms with Crippen molar-refractivity contribution < 1.29 is 34.8 Å². The summed E-state index contributed by atoms with van der Waals surface area (Å²) in [6.07, 6.45) is 3.07. The van der Waals surface area contributed by atoms with Gasteiger partial charge in [0, 0.05) is 12.4 Å². The number of aromatic carboxylic acids is 2. The minimum Gasteiger partial charge on any atom is -0.478 e. The van der Waals surface area contributed by atoms with Gasteiger partial charge in [-0.15, -0.1) is 0 Å². The topological polar surface area (TPSA) is 145 Å². The largest absolute Gasteiger partial charge is 0.478 e. The minimum absolute atomic E-state index is 0.